The Hall–Kier alpha value is -1.79. The van der Waals surface area contributed by atoms with Crippen LogP contribution >= 0.6 is 11.6 Å². The predicted octanol–water partition coefficient (Wildman–Crippen LogP) is 2.80. The number of nitrogens with zero attached hydrogens (tertiary/aromatic N) is 2. The van der Waals surface area contributed by atoms with Crippen LogP contribution in [0, 0.1) is 11.3 Å². The van der Waals surface area contributed by atoms with Crippen molar-refractivity contribution < 1.29 is 0 Å². The molecule has 1 N–H and O–H groups in total. The minimum atomic E-state index is 0.576. The van der Waals surface area contributed by atoms with Gasteiger partial charge in [0.2, 0.25) is 0 Å². The zero-order valence-corrected chi connectivity index (χ0v) is 8.84. The highest BCUT2D eigenvalue weighted by Crippen LogP contribution is 2.23. The van der Waals surface area contributed by atoms with Gasteiger partial charge in [0.25, 0.3) is 0 Å². The minimum absolute atomic E-state index is 0.576. The Morgan fingerprint density at radius 1 is 1.40 bits per heavy atom. The van der Waals surface area contributed by atoms with Crippen molar-refractivity contribution in [3.05, 3.63) is 34.9 Å². The number of anilines is 1. The Morgan fingerprint density at radius 2 is 2.20 bits per heavy atom. The molecule has 0 saturated heterocycles. The molecule has 0 saturated carbocycles. The molecule has 1 heterocycles. The number of aromatic nitrogens is 1. The second kappa shape index (κ2) is 3.76. The number of halogens is 1. The van der Waals surface area contributed by atoms with Crippen molar-refractivity contribution in [1.82, 2.24) is 4.98 Å². The molecule has 0 spiro atoms. The van der Waals surface area contributed by atoms with Gasteiger partial charge in [-0.25, -0.2) is 4.98 Å². The molecule has 0 aliphatic heterocycles. The van der Waals surface area contributed by atoms with Crippen LogP contribution in [0.15, 0.2) is 24.3 Å². The normalized spacial score (nSPS) is 9.93. The number of benzene rings is 1. The van der Waals surface area contributed by atoms with E-state index in [4.69, 9.17) is 16.9 Å². The van der Waals surface area contributed by atoms with Gasteiger partial charge in [0.1, 0.15) is 5.82 Å². The summed E-state index contributed by atoms with van der Waals surface area (Å²) in [5.74, 6) is 0.682. The van der Waals surface area contributed by atoms with E-state index >= 15 is 0 Å². The molecule has 3 nitrogen and oxygen atoms in total. The third kappa shape index (κ3) is 1.72. The van der Waals surface area contributed by atoms with Crippen LogP contribution in [0.3, 0.4) is 0 Å². The van der Waals surface area contributed by atoms with E-state index < -0.39 is 0 Å². The number of fused-ring (bicyclic) bond motifs is 1. The van der Waals surface area contributed by atoms with Gasteiger partial charge in [-0.05, 0) is 24.3 Å². The van der Waals surface area contributed by atoms with E-state index in [2.05, 4.69) is 16.4 Å². The molecular formula is C11H8ClN3. The summed E-state index contributed by atoms with van der Waals surface area (Å²) in [6.07, 6.45) is 0. The molecule has 0 unspecified atom stereocenters. The summed E-state index contributed by atoms with van der Waals surface area (Å²) in [4.78, 5) is 4.32. The molecule has 1 aromatic heterocycles. The van der Waals surface area contributed by atoms with Crippen LogP contribution < -0.4 is 5.32 Å². The SMILES string of the molecule is CNc1cc(C#N)c2cc(Cl)ccc2n1. The summed E-state index contributed by atoms with van der Waals surface area (Å²) in [5, 5.41) is 13.3. The zero-order chi connectivity index (χ0) is 10.8. The molecule has 0 radical (unpaired) electrons. The smallest absolute Gasteiger partial charge is 0.127 e. The van der Waals surface area contributed by atoms with Gasteiger partial charge in [0, 0.05) is 17.5 Å². The molecule has 0 bridgehead atoms. The van der Waals surface area contributed by atoms with Gasteiger partial charge in [0.05, 0.1) is 17.1 Å². The number of hydrogen-bond donors (Lipinski definition) is 1. The van der Waals surface area contributed by atoms with Crippen molar-refractivity contribution in [2.24, 2.45) is 0 Å². The lowest BCUT2D eigenvalue weighted by Crippen LogP contribution is -1.94. The van der Waals surface area contributed by atoms with E-state index in [0.717, 1.165) is 10.9 Å². The summed E-state index contributed by atoms with van der Waals surface area (Å²) in [7, 11) is 1.77. The fraction of sp³-hybridized carbons (Fsp3) is 0.0909. The second-order valence-electron chi connectivity index (χ2n) is 3.08. The standard InChI is InChI=1S/C11H8ClN3/c1-14-11-4-7(6-13)9-5-8(12)2-3-10(9)15-11/h2-5H,1H3,(H,14,15). The molecule has 74 valence electrons. The third-order valence-electron chi connectivity index (χ3n) is 2.15. The van der Waals surface area contributed by atoms with E-state index in [9.17, 15) is 0 Å². The van der Waals surface area contributed by atoms with E-state index in [1.165, 1.54) is 0 Å². The number of hydrogen-bond acceptors (Lipinski definition) is 3. The molecule has 0 atom stereocenters. The Morgan fingerprint density at radius 3 is 2.87 bits per heavy atom. The van der Waals surface area contributed by atoms with Gasteiger partial charge in [-0.1, -0.05) is 11.6 Å². The zero-order valence-electron chi connectivity index (χ0n) is 8.08. The van der Waals surface area contributed by atoms with Gasteiger partial charge in [-0.2, -0.15) is 5.26 Å². The summed E-state index contributed by atoms with van der Waals surface area (Å²) in [5.41, 5.74) is 1.34. The first-order chi connectivity index (χ1) is 7.24. The van der Waals surface area contributed by atoms with E-state index in [1.807, 2.05) is 0 Å². The van der Waals surface area contributed by atoms with Crippen molar-refractivity contribution in [1.29, 1.82) is 5.26 Å². The van der Waals surface area contributed by atoms with Crippen molar-refractivity contribution in [2.45, 2.75) is 0 Å². The van der Waals surface area contributed by atoms with E-state index in [-0.39, 0.29) is 0 Å². The van der Waals surface area contributed by atoms with Crippen molar-refractivity contribution in [2.75, 3.05) is 12.4 Å². The summed E-state index contributed by atoms with van der Waals surface area (Å²) < 4.78 is 0. The van der Waals surface area contributed by atoms with Crippen molar-refractivity contribution >= 4 is 28.3 Å². The number of nitrogens with one attached hydrogen (secondary N) is 1. The molecule has 1 aromatic carbocycles. The lowest BCUT2D eigenvalue weighted by atomic mass is 10.1. The average Bonchev–Trinajstić information content (AvgIpc) is 2.27. The number of nitriles is 1. The van der Waals surface area contributed by atoms with Gasteiger partial charge >= 0.3 is 0 Å². The van der Waals surface area contributed by atoms with Crippen LogP contribution in [0.2, 0.25) is 5.02 Å². The molecular weight excluding hydrogens is 210 g/mol. The largest absolute Gasteiger partial charge is 0.373 e. The maximum atomic E-state index is 9.00. The molecule has 0 aliphatic carbocycles. The fourth-order valence-corrected chi connectivity index (χ4v) is 1.59. The Labute approximate surface area is 92.3 Å². The molecule has 15 heavy (non-hydrogen) atoms. The Balaban J connectivity index is 2.82. The lowest BCUT2D eigenvalue weighted by Gasteiger charge is -2.04. The van der Waals surface area contributed by atoms with Gasteiger partial charge < -0.3 is 5.32 Å². The van der Waals surface area contributed by atoms with Crippen LogP contribution in [0.4, 0.5) is 5.82 Å². The third-order valence-corrected chi connectivity index (χ3v) is 2.38. The molecule has 0 amide bonds. The quantitative estimate of drug-likeness (QED) is 0.799. The summed E-state index contributed by atoms with van der Waals surface area (Å²) in [6, 6.07) is 9.16. The van der Waals surface area contributed by atoms with E-state index in [1.54, 1.807) is 31.3 Å². The van der Waals surface area contributed by atoms with Crippen LogP contribution in [-0.4, -0.2) is 12.0 Å². The molecule has 2 rings (SSSR count). The first kappa shape index (κ1) is 9.75. The number of pyridine rings is 1. The van der Waals surface area contributed by atoms with Crippen molar-refractivity contribution in [3.8, 4) is 6.07 Å². The van der Waals surface area contributed by atoms with E-state index in [0.29, 0.717) is 16.4 Å². The molecule has 4 heteroatoms. The first-order valence-electron chi connectivity index (χ1n) is 4.43. The van der Waals surface area contributed by atoms with Crippen LogP contribution in [0.5, 0.6) is 0 Å². The highest BCUT2D eigenvalue weighted by molar-refractivity contribution is 6.31. The predicted molar refractivity (Wildman–Crippen MR) is 61.0 cm³/mol. The number of rotatable bonds is 1. The average molecular weight is 218 g/mol. The van der Waals surface area contributed by atoms with Crippen LogP contribution in [-0.2, 0) is 0 Å². The fourth-order valence-electron chi connectivity index (χ4n) is 1.42. The molecule has 0 aliphatic rings. The lowest BCUT2D eigenvalue weighted by molar-refractivity contribution is 1.33. The summed E-state index contributed by atoms with van der Waals surface area (Å²) >= 11 is 5.87. The minimum Gasteiger partial charge on any atom is -0.373 e. The second-order valence-corrected chi connectivity index (χ2v) is 3.51. The highest BCUT2D eigenvalue weighted by Gasteiger charge is 2.04. The maximum Gasteiger partial charge on any atom is 0.127 e. The van der Waals surface area contributed by atoms with Crippen molar-refractivity contribution in [3.63, 3.8) is 0 Å². The van der Waals surface area contributed by atoms with Crippen LogP contribution in [0.1, 0.15) is 5.56 Å². The topological polar surface area (TPSA) is 48.7 Å². The molecule has 0 fully saturated rings. The first-order valence-corrected chi connectivity index (χ1v) is 4.80. The Kier molecular flexibility index (Phi) is 2.44. The summed E-state index contributed by atoms with van der Waals surface area (Å²) in [6.45, 7) is 0. The maximum absolute atomic E-state index is 9.00. The van der Waals surface area contributed by atoms with Gasteiger partial charge in [-0.3, -0.25) is 0 Å². The monoisotopic (exact) mass is 217 g/mol. The van der Waals surface area contributed by atoms with Gasteiger partial charge in [-0.15, -0.1) is 0 Å². The van der Waals surface area contributed by atoms with Crippen LogP contribution in [0.25, 0.3) is 10.9 Å². The highest BCUT2D eigenvalue weighted by atomic mass is 35.5. The Bertz CT molecular complexity index is 557. The van der Waals surface area contributed by atoms with Gasteiger partial charge in [0.15, 0.2) is 0 Å². The molecule has 2 aromatic rings.